The molecule has 0 bridgehead atoms. The van der Waals surface area contributed by atoms with Crippen molar-refractivity contribution in [3.05, 3.63) is 33.4 Å². The second kappa shape index (κ2) is 3.86. The van der Waals surface area contributed by atoms with Gasteiger partial charge in [-0.15, -0.1) is 0 Å². The van der Waals surface area contributed by atoms with E-state index >= 15 is 0 Å². The molecule has 0 radical (unpaired) electrons. The molecule has 13 heavy (non-hydrogen) atoms. The monoisotopic (exact) mass is 302 g/mol. The van der Waals surface area contributed by atoms with Gasteiger partial charge in [0.25, 0.3) is 0 Å². The van der Waals surface area contributed by atoms with Crippen molar-refractivity contribution in [1.29, 1.82) is 0 Å². The Morgan fingerprint density at radius 1 is 1.00 bits per heavy atom. The SMILES string of the molecule is CI(C)c1ccc(C(F)(F)F)cc1. The first-order chi connectivity index (χ1) is 5.91. The van der Waals surface area contributed by atoms with Gasteiger partial charge in [-0.25, -0.2) is 0 Å². The number of halogens is 4. The van der Waals surface area contributed by atoms with Gasteiger partial charge >= 0.3 is 82.4 Å². The average molecular weight is 302 g/mol. The van der Waals surface area contributed by atoms with Crippen molar-refractivity contribution in [2.45, 2.75) is 6.18 Å². The third kappa shape index (κ3) is 2.86. The van der Waals surface area contributed by atoms with E-state index in [9.17, 15) is 13.2 Å². The fourth-order valence-electron chi connectivity index (χ4n) is 0.891. The Kier molecular flexibility index (Phi) is 3.21. The van der Waals surface area contributed by atoms with Crippen molar-refractivity contribution in [3.8, 4) is 0 Å². The van der Waals surface area contributed by atoms with E-state index in [0.717, 1.165) is 15.7 Å². The summed E-state index contributed by atoms with van der Waals surface area (Å²) in [5.74, 6) is 0. The molecule has 0 saturated carbocycles. The normalized spacial score (nSPS) is 12.8. The molecule has 0 spiro atoms. The Morgan fingerprint density at radius 3 is 1.77 bits per heavy atom. The summed E-state index contributed by atoms with van der Waals surface area (Å²) in [6.07, 6.45) is -4.21. The van der Waals surface area contributed by atoms with Crippen molar-refractivity contribution < 1.29 is 13.2 Å². The minimum atomic E-state index is -4.21. The van der Waals surface area contributed by atoms with Crippen LogP contribution in [0.5, 0.6) is 0 Å². The van der Waals surface area contributed by atoms with E-state index in [0.29, 0.717) is 0 Å². The summed E-state index contributed by atoms with van der Waals surface area (Å²) in [4.78, 5) is 4.21. The summed E-state index contributed by atoms with van der Waals surface area (Å²) in [7, 11) is 0. The van der Waals surface area contributed by atoms with Crippen LogP contribution in [0.1, 0.15) is 5.56 Å². The Morgan fingerprint density at radius 2 is 1.46 bits per heavy atom. The van der Waals surface area contributed by atoms with Crippen LogP contribution in [0.3, 0.4) is 0 Å². The number of benzene rings is 1. The Bertz CT molecular complexity index is 274. The van der Waals surface area contributed by atoms with Crippen molar-refractivity contribution in [1.82, 2.24) is 0 Å². The molecule has 1 aromatic rings. The van der Waals surface area contributed by atoms with Crippen LogP contribution in [0, 0.1) is 3.57 Å². The van der Waals surface area contributed by atoms with E-state index in [1.165, 1.54) is 0 Å². The number of hydrogen-bond donors (Lipinski definition) is 0. The van der Waals surface area contributed by atoms with Crippen LogP contribution in [0.15, 0.2) is 24.3 Å². The zero-order valence-electron chi connectivity index (χ0n) is 7.32. The first-order valence-electron chi connectivity index (χ1n) is 3.58. The number of hydrogen-bond acceptors (Lipinski definition) is 0. The molecule has 0 nitrogen and oxygen atoms in total. The molecule has 0 atom stereocenters. The predicted molar refractivity (Wildman–Crippen MR) is 56.0 cm³/mol. The third-order valence-electron chi connectivity index (χ3n) is 1.61. The van der Waals surface area contributed by atoms with Crippen LogP contribution in [-0.4, -0.2) is 9.86 Å². The standard InChI is InChI=1S/C9H10F3I/c1-13(2)8-5-3-7(4-6-8)9(10,11)12/h3-6H,1-2H3. The van der Waals surface area contributed by atoms with Crippen LogP contribution < -0.4 is 0 Å². The molecular formula is C9H10F3I. The quantitative estimate of drug-likeness (QED) is 0.549. The first kappa shape index (κ1) is 10.8. The predicted octanol–water partition coefficient (Wildman–Crippen LogP) is 3.64. The summed E-state index contributed by atoms with van der Waals surface area (Å²) >= 11 is -1.13. The van der Waals surface area contributed by atoms with Crippen molar-refractivity contribution in [2.24, 2.45) is 0 Å². The van der Waals surface area contributed by atoms with Gasteiger partial charge in [-0.2, -0.15) is 0 Å². The van der Waals surface area contributed by atoms with Gasteiger partial charge in [0.2, 0.25) is 0 Å². The van der Waals surface area contributed by atoms with Crippen LogP contribution in [0.2, 0.25) is 0 Å². The topological polar surface area (TPSA) is 0 Å². The van der Waals surface area contributed by atoms with E-state index in [1.807, 2.05) is 0 Å². The molecule has 0 heterocycles. The van der Waals surface area contributed by atoms with Crippen LogP contribution in [-0.2, 0) is 6.18 Å². The van der Waals surface area contributed by atoms with Crippen molar-refractivity contribution >= 4 is 19.8 Å². The van der Waals surface area contributed by atoms with E-state index < -0.39 is 31.6 Å². The number of rotatable bonds is 1. The van der Waals surface area contributed by atoms with E-state index in [2.05, 4.69) is 9.86 Å². The fourth-order valence-corrected chi connectivity index (χ4v) is 2.69. The maximum atomic E-state index is 12.1. The second-order valence-corrected chi connectivity index (χ2v) is 8.32. The Labute approximate surface area is 82.5 Å². The minimum absolute atomic E-state index is 0.561. The van der Waals surface area contributed by atoms with Gasteiger partial charge in [-0.05, 0) is 0 Å². The van der Waals surface area contributed by atoms with E-state index in [4.69, 9.17) is 0 Å². The molecule has 0 aliphatic carbocycles. The van der Waals surface area contributed by atoms with Crippen LogP contribution >= 0.6 is 19.8 Å². The Hall–Kier alpha value is -0.260. The zero-order chi connectivity index (χ0) is 10.1. The van der Waals surface area contributed by atoms with Gasteiger partial charge in [-0.1, -0.05) is 0 Å². The third-order valence-corrected chi connectivity index (χ3v) is 4.82. The average Bonchev–Trinajstić information content (AvgIpc) is 2.03. The van der Waals surface area contributed by atoms with Gasteiger partial charge in [0, 0.05) is 0 Å². The fraction of sp³-hybridized carbons (Fsp3) is 0.333. The van der Waals surface area contributed by atoms with Gasteiger partial charge in [0.15, 0.2) is 0 Å². The molecular weight excluding hydrogens is 292 g/mol. The van der Waals surface area contributed by atoms with Crippen LogP contribution in [0.4, 0.5) is 13.2 Å². The summed E-state index contributed by atoms with van der Waals surface area (Å²) in [5.41, 5.74) is -0.561. The zero-order valence-corrected chi connectivity index (χ0v) is 9.48. The van der Waals surface area contributed by atoms with Crippen LogP contribution in [0.25, 0.3) is 0 Å². The summed E-state index contributed by atoms with van der Waals surface area (Å²) in [5, 5.41) is 0. The summed E-state index contributed by atoms with van der Waals surface area (Å²) < 4.78 is 37.5. The van der Waals surface area contributed by atoms with E-state index in [1.54, 1.807) is 12.1 Å². The van der Waals surface area contributed by atoms with E-state index in [-0.39, 0.29) is 0 Å². The van der Waals surface area contributed by atoms with Gasteiger partial charge < -0.3 is 0 Å². The molecule has 0 N–H and O–H groups in total. The van der Waals surface area contributed by atoms with Gasteiger partial charge in [0.05, 0.1) is 0 Å². The molecule has 0 fully saturated rings. The molecule has 0 amide bonds. The molecule has 0 aliphatic rings. The molecule has 1 rings (SSSR count). The van der Waals surface area contributed by atoms with Gasteiger partial charge in [-0.3, -0.25) is 0 Å². The van der Waals surface area contributed by atoms with Gasteiger partial charge in [0.1, 0.15) is 0 Å². The summed E-state index contributed by atoms with van der Waals surface area (Å²) in [6, 6.07) is 5.50. The van der Waals surface area contributed by atoms with Crippen molar-refractivity contribution in [2.75, 3.05) is 9.86 Å². The van der Waals surface area contributed by atoms with Crippen molar-refractivity contribution in [3.63, 3.8) is 0 Å². The molecule has 1 aromatic carbocycles. The molecule has 0 aliphatic heterocycles. The molecule has 0 aromatic heterocycles. The molecule has 0 unspecified atom stereocenters. The second-order valence-electron chi connectivity index (χ2n) is 2.76. The maximum absolute atomic E-state index is 12.1. The molecule has 4 heteroatoms. The molecule has 74 valence electrons. The Balaban J connectivity index is 2.94. The molecule has 0 saturated heterocycles. The first-order valence-corrected chi connectivity index (χ1v) is 8.98. The number of alkyl halides is 5. The summed E-state index contributed by atoms with van der Waals surface area (Å²) in [6.45, 7) is 0.